The van der Waals surface area contributed by atoms with Crippen molar-refractivity contribution < 1.29 is 4.79 Å². The van der Waals surface area contributed by atoms with Crippen LogP contribution in [0.15, 0.2) is 0 Å². The molecule has 0 bridgehead atoms. The molecule has 0 spiro atoms. The Bertz CT molecular complexity index is 295. The molecule has 3 unspecified atom stereocenters. The molecular formula is C14H24N2O. The Morgan fingerprint density at radius 2 is 2.12 bits per heavy atom. The van der Waals surface area contributed by atoms with Crippen molar-refractivity contribution >= 4 is 5.91 Å². The van der Waals surface area contributed by atoms with E-state index in [0.717, 1.165) is 12.8 Å². The SMILES string of the molecule is CCCC(C#N)C(=O)N(C)C1CCCCC1C. The van der Waals surface area contributed by atoms with E-state index in [1.165, 1.54) is 19.3 Å². The highest BCUT2D eigenvalue weighted by Crippen LogP contribution is 2.28. The molecular weight excluding hydrogens is 212 g/mol. The van der Waals surface area contributed by atoms with E-state index in [-0.39, 0.29) is 5.91 Å². The third-order valence-electron chi connectivity index (χ3n) is 3.94. The van der Waals surface area contributed by atoms with Crippen molar-refractivity contribution in [2.45, 2.75) is 58.4 Å². The fourth-order valence-corrected chi connectivity index (χ4v) is 2.81. The third kappa shape index (κ3) is 3.46. The molecule has 0 N–H and O–H groups in total. The van der Waals surface area contributed by atoms with Crippen molar-refractivity contribution in [1.82, 2.24) is 4.90 Å². The van der Waals surface area contributed by atoms with Crippen LogP contribution in [0.5, 0.6) is 0 Å². The molecule has 17 heavy (non-hydrogen) atoms. The Hall–Kier alpha value is -1.04. The first-order chi connectivity index (χ1) is 8.11. The van der Waals surface area contributed by atoms with Gasteiger partial charge in [0.05, 0.1) is 6.07 Å². The second-order valence-electron chi connectivity index (χ2n) is 5.25. The molecule has 96 valence electrons. The second-order valence-corrected chi connectivity index (χ2v) is 5.25. The molecule has 1 aliphatic carbocycles. The Morgan fingerprint density at radius 1 is 1.47 bits per heavy atom. The lowest BCUT2D eigenvalue weighted by Crippen LogP contribution is -2.45. The van der Waals surface area contributed by atoms with Gasteiger partial charge in [-0.05, 0) is 25.2 Å². The lowest BCUT2D eigenvalue weighted by molar-refractivity contribution is -0.136. The molecule has 1 saturated carbocycles. The summed E-state index contributed by atoms with van der Waals surface area (Å²) in [5.74, 6) is 0.144. The molecule has 0 radical (unpaired) electrons. The van der Waals surface area contributed by atoms with Crippen molar-refractivity contribution in [3.05, 3.63) is 0 Å². The maximum absolute atomic E-state index is 12.2. The summed E-state index contributed by atoms with van der Waals surface area (Å²) in [6, 6.07) is 2.48. The van der Waals surface area contributed by atoms with Crippen LogP contribution in [-0.4, -0.2) is 23.9 Å². The van der Waals surface area contributed by atoms with Crippen LogP contribution in [0.3, 0.4) is 0 Å². The van der Waals surface area contributed by atoms with E-state index in [1.807, 2.05) is 18.9 Å². The maximum Gasteiger partial charge on any atom is 0.239 e. The zero-order chi connectivity index (χ0) is 12.8. The van der Waals surface area contributed by atoms with Crippen molar-refractivity contribution in [3.63, 3.8) is 0 Å². The fourth-order valence-electron chi connectivity index (χ4n) is 2.81. The second kappa shape index (κ2) is 6.64. The number of nitriles is 1. The third-order valence-corrected chi connectivity index (χ3v) is 3.94. The van der Waals surface area contributed by atoms with Crippen LogP contribution >= 0.6 is 0 Å². The van der Waals surface area contributed by atoms with Gasteiger partial charge in [0, 0.05) is 13.1 Å². The molecule has 3 atom stereocenters. The molecule has 3 heteroatoms. The van der Waals surface area contributed by atoms with Gasteiger partial charge in [-0.3, -0.25) is 4.79 Å². The number of nitrogens with zero attached hydrogens (tertiary/aromatic N) is 2. The van der Waals surface area contributed by atoms with Crippen molar-refractivity contribution in [1.29, 1.82) is 5.26 Å². The Kier molecular flexibility index (Phi) is 5.47. The Balaban J connectivity index is 2.64. The minimum absolute atomic E-state index is 0.0214. The fraction of sp³-hybridized carbons (Fsp3) is 0.857. The summed E-state index contributed by atoms with van der Waals surface area (Å²) in [6.45, 7) is 4.23. The van der Waals surface area contributed by atoms with Gasteiger partial charge in [0.15, 0.2) is 0 Å². The maximum atomic E-state index is 12.2. The molecule has 0 aromatic rings. The summed E-state index contributed by atoms with van der Waals surface area (Å²) in [5.41, 5.74) is 0. The monoisotopic (exact) mass is 236 g/mol. The van der Waals surface area contributed by atoms with Crippen LogP contribution in [0.1, 0.15) is 52.4 Å². The summed E-state index contributed by atoms with van der Waals surface area (Å²) in [5, 5.41) is 9.04. The van der Waals surface area contributed by atoms with E-state index in [1.54, 1.807) is 0 Å². The Labute approximate surface area is 105 Å². The Morgan fingerprint density at radius 3 is 2.65 bits per heavy atom. The van der Waals surface area contributed by atoms with Gasteiger partial charge in [0.25, 0.3) is 0 Å². The molecule has 1 aliphatic rings. The smallest absolute Gasteiger partial charge is 0.239 e. The lowest BCUT2D eigenvalue weighted by atomic mass is 9.84. The largest absolute Gasteiger partial charge is 0.341 e. The zero-order valence-electron chi connectivity index (χ0n) is 11.3. The van der Waals surface area contributed by atoms with Crippen LogP contribution in [0.2, 0.25) is 0 Å². The van der Waals surface area contributed by atoms with Crippen LogP contribution < -0.4 is 0 Å². The summed E-state index contributed by atoms with van der Waals surface area (Å²) in [4.78, 5) is 14.1. The number of amides is 1. The van der Waals surface area contributed by atoms with E-state index in [0.29, 0.717) is 18.4 Å². The van der Waals surface area contributed by atoms with Gasteiger partial charge in [-0.1, -0.05) is 33.1 Å². The average Bonchev–Trinajstić information content (AvgIpc) is 2.35. The van der Waals surface area contributed by atoms with Crippen LogP contribution in [0.4, 0.5) is 0 Å². The topological polar surface area (TPSA) is 44.1 Å². The number of rotatable bonds is 4. The lowest BCUT2D eigenvalue weighted by Gasteiger charge is -2.37. The van der Waals surface area contributed by atoms with Gasteiger partial charge in [-0.25, -0.2) is 0 Å². The van der Waals surface area contributed by atoms with Gasteiger partial charge in [0.1, 0.15) is 5.92 Å². The normalized spacial score (nSPS) is 26.0. The number of hydrogen-bond donors (Lipinski definition) is 0. The van der Waals surface area contributed by atoms with E-state index in [4.69, 9.17) is 5.26 Å². The number of carbonyl (C=O) groups excluding carboxylic acids is 1. The van der Waals surface area contributed by atoms with Gasteiger partial charge in [-0.15, -0.1) is 0 Å². The van der Waals surface area contributed by atoms with Crippen LogP contribution in [0.25, 0.3) is 0 Å². The van der Waals surface area contributed by atoms with Gasteiger partial charge in [-0.2, -0.15) is 5.26 Å². The van der Waals surface area contributed by atoms with Gasteiger partial charge in [0.2, 0.25) is 5.91 Å². The van der Waals surface area contributed by atoms with Crippen molar-refractivity contribution in [2.24, 2.45) is 11.8 Å². The predicted molar refractivity (Wildman–Crippen MR) is 68.2 cm³/mol. The van der Waals surface area contributed by atoms with Crippen molar-refractivity contribution in [2.75, 3.05) is 7.05 Å². The summed E-state index contributed by atoms with van der Waals surface area (Å²) >= 11 is 0. The molecule has 1 amide bonds. The van der Waals surface area contributed by atoms with E-state index < -0.39 is 5.92 Å². The molecule has 0 aromatic heterocycles. The first kappa shape index (κ1) is 14.0. The highest BCUT2D eigenvalue weighted by atomic mass is 16.2. The highest BCUT2D eigenvalue weighted by molar-refractivity contribution is 5.81. The average molecular weight is 236 g/mol. The molecule has 3 nitrogen and oxygen atoms in total. The standard InChI is InChI=1S/C14H24N2O/c1-4-7-12(10-15)14(17)16(3)13-9-6-5-8-11(13)2/h11-13H,4-9H2,1-3H3. The molecule has 0 aliphatic heterocycles. The molecule has 0 heterocycles. The first-order valence-electron chi connectivity index (χ1n) is 6.78. The van der Waals surface area contributed by atoms with E-state index >= 15 is 0 Å². The minimum Gasteiger partial charge on any atom is -0.341 e. The van der Waals surface area contributed by atoms with Crippen LogP contribution in [0, 0.1) is 23.2 Å². The minimum atomic E-state index is -0.445. The summed E-state index contributed by atoms with van der Waals surface area (Å²) < 4.78 is 0. The molecule has 1 rings (SSSR count). The number of hydrogen-bond acceptors (Lipinski definition) is 2. The van der Waals surface area contributed by atoms with E-state index in [9.17, 15) is 4.79 Å². The summed E-state index contributed by atoms with van der Waals surface area (Å²) in [7, 11) is 1.87. The van der Waals surface area contributed by atoms with E-state index in [2.05, 4.69) is 13.0 Å². The van der Waals surface area contributed by atoms with Gasteiger partial charge >= 0.3 is 0 Å². The number of carbonyl (C=O) groups is 1. The van der Waals surface area contributed by atoms with Crippen molar-refractivity contribution in [3.8, 4) is 6.07 Å². The quantitative estimate of drug-likeness (QED) is 0.753. The molecule has 0 aromatic carbocycles. The summed E-state index contributed by atoms with van der Waals surface area (Å²) in [6.07, 6.45) is 6.34. The molecule has 0 saturated heterocycles. The molecule has 1 fully saturated rings. The van der Waals surface area contributed by atoms with Crippen LogP contribution in [-0.2, 0) is 4.79 Å². The highest BCUT2D eigenvalue weighted by Gasteiger charge is 2.31. The zero-order valence-corrected chi connectivity index (χ0v) is 11.3. The predicted octanol–water partition coefficient (Wildman–Crippen LogP) is 2.96. The first-order valence-corrected chi connectivity index (χ1v) is 6.78. The van der Waals surface area contributed by atoms with Gasteiger partial charge < -0.3 is 4.90 Å².